The van der Waals surface area contributed by atoms with Crippen LogP contribution >= 0.6 is 0 Å². The van der Waals surface area contributed by atoms with Crippen molar-refractivity contribution in [3.63, 3.8) is 0 Å². The summed E-state index contributed by atoms with van der Waals surface area (Å²) < 4.78 is 44.5. The fourth-order valence-corrected chi connectivity index (χ4v) is 6.40. The highest BCUT2D eigenvalue weighted by atomic mass is 32.2. The predicted octanol–water partition coefficient (Wildman–Crippen LogP) is 3.59. The maximum absolute atomic E-state index is 15.5. The third-order valence-corrected chi connectivity index (χ3v) is 8.71. The molecule has 3 N–H and O–H groups in total. The van der Waals surface area contributed by atoms with Crippen molar-refractivity contribution in [3.05, 3.63) is 66.0 Å². The Morgan fingerprint density at radius 3 is 2.37 bits per heavy atom. The maximum atomic E-state index is 15.5. The quantitative estimate of drug-likeness (QED) is 0.329. The Morgan fingerprint density at radius 1 is 0.947 bits per heavy atom. The third kappa shape index (κ3) is 4.59. The van der Waals surface area contributed by atoms with Gasteiger partial charge in [-0.05, 0) is 37.8 Å². The van der Waals surface area contributed by atoms with Crippen molar-refractivity contribution in [2.75, 3.05) is 35.8 Å². The smallest absolute Gasteiger partial charge is 0.301 e. The number of hydrogen-bond acceptors (Lipinski definition) is 7. The Hall–Kier alpha value is -3.61. The molecule has 0 aliphatic carbocycles. The molecule has 5 heterocycles. The molecule has 1 aromatic carbocycles. The van der Waals surface area contributed by atoms with Crippen LogP contribution in [0.2, 0.25) is 0 Å². The second-order valence-electron chi connectivity index (χ2n) is 9.65. The van der Waals surface area contributed by atoms with E-state index in [9.17, 15) is 13.5 Å². The van der Waals surface area contributed by atoms with Crippen LogP contribution < -0.4 is 9.62 Å². The molecule has 2 aliphatic rings. The summed E-state index contributed by atoms with van der Waals surface area (Å²) >= 11 is 0. The molecule has 1 atom stereocenters. The summed E-state index contributed by atoms with van der Waals surface area (Å²) in [6.45, 7) is 2.70. The Bertz CT molecular complexity index is 1560. The second kappa shape index (κ2) is 9.93. The molecule has 2 saturated heterocycles. The monoisotopic (exact) mass is 537 g/mol. The Morgan fingerprint density at radius 2 is 1.63 bits per heavy atom. The van der Waals surface area contributed by atoms with E-state index in [1.807, 2.05) is 6.07 Å². The number of nitrogens with zero attached hydrogens (tertiary/aromatic N) is 5. The summed E-state index contributed by atoms with van der Waals surface area (Å²) in [4.78, 5) is 18.7. The Kier molecular flexibility index (Phi) is 6.46. The van der Waals surface area contributed by atoms with Crippen molar-refractivity contribution in [3.8, 4) is 11.1 Å². The normalized spacial score (nSPS) is 17.4. The number of pyridine rings is 1. The number of halogens is 1. The summed E-state index contributed by atoms with van der Waals surface area (Å²) in [7, 11) is -3.88. The molecule has 0 bridgehead atoms. The number of rotatable bonds is 7. The van der Waals surface area contributed by atoms with E-state index in [-0.39, 0.29) is 11.3 Å². The molecular formula is C26H28FN7O3S. The van der Waals surface area contributed by atoms with Gasteiger partial charge in [0.15, 0.2) is 5.82 Å². The second-order valence-corrected chi connectivity index (χ2v) is 11.3. The van der Waals surface area contributed by atoms with Crippen LogP contribution in [0.5, 0.6) is 0 Å². The van der Waals surface area contributed by atoms with E-state index in [2.05, 4.69) is 29.6 Å². The van der Waals surface area contributed by atoms with Gasteiger partial charge in [0.05, 0.1) is 5.69 Å². The van der Waals surface area contributed by atoms with E-state index >= 15 is 4.39 Å². The number of hydrogen-bond donors (Lipinski definition) is 3. The zero-order valence-electron chi connectivity index (χ0n) is 20.6. The van der Waals surface area contributed by atoms with Crippen LogP contribution in [-0.4, -0.2) is 63.9 Å². The minimum absolute atomic E-state index is 0.0452. The van der Waals surface area contributed by atoms with Gasteiger partial charge in [-0.1, -0.05) is 12.1 Å². The van der Waals surface area contributed by atoms with Crippen LogP contribution in [0, 0.1) is 5.82 Å². The molecule has 2 fully saturated rings. The summed E-state index contributed by atoms with van der Waals surface area (Å²) in [5, 5.41) is 11.8. The summed E-state index contributed by atoms with van der Waals surface area (Å²) in [6, 6.07) is 6.15. The largest absolute Gasteiger partial charge is 0.383 e. The number of benzene rings is 1. The molecule has 10 nitrogen and oxygen atoms in total. The van der Waals surface area contributed by atoms with Gasteiger partial charge >= 0.3 is 10.2 Å². The maximum Gasteiger partial charge on any atom is 0.301 e. The molecule has 198 valence electrons. The average Bonchev–Trinajstić information content (AvgIpc) is 3.71. The molecule has 2 aliphatic heterocycles. The zero-order chi connectivity index (χ0) is 26.3. The number of H-pyrrole nitrogens is 1. The number of aliphatic hydroxyl groups excluding tert-OH is 1. The van der Waals surface area contributed by atoms with Crippen LogP contribution in [0.15, 0.2) is 49.1 Å². The van der Waals surface area contributed by atoms with Crippen LogP contribution in [0.1, 0.15) is 42.9 Å². The lowest BCUT2D eigenvalue weighted by molar-refractivity contribution is 0.216. The molecule has 12 heteroatoms. The molecule has 0 saturated carbocycles. The number of aromatic amines is 1. The van der Waals surface area contributed by atoms with Crippen molar-refractivity contribution in [2.24, 2.45) is 0 Å². The van der Waals surface area contributed by atoms with E-state index in [0.717, 1.165) is 49.9 Å². The molecule has 1 unspecified atom stereocenters. The lowest BCUT2D eigenvalue weighted by atomic mass is 9.99. The Balaban J connectivity index is 1.29. The standard InChI is InChI=1S/C26H28FN7O3S/c27-23-19(6-5-7-22(23)32-38(36,37)34-10-3-4-11-34)24(35)21-16-29-25-20(21)12-17(13-28-25)18-14-30-26(31-15-18)33-8-1-2-9-33/h5-7,12-16,24,32,35H,1-4,8-11H2,(H,28,29). The van der Waals surface area contributed by atoms with Crippen LogP contribution in [-0.2, 0) is 10.2 Å². The van der Waals surface area contributed by atoms with Gasteiger partial charge in [-0.3, -0.25) is 4.72 Å². The summed E-state index contributed by atoms with van der Waals surface area (Å²) in [6.07, 6.45) is 9.24. The number of fused-ring (bicyclic) bond motifs is 1. The van der Waals surface area contributed by atoms with E-state index < -0.39 is 22.1 Å². The zero-order valence-corrected chi connectivity index (χ0v) is 21.5. The van der Waals surface area contributed by atoms with Crippen molar-refractivity contribution in [2.45, 2.75) is 31.8 Å². The van der Waals surface area contributed by atoms with Crippen molar-refractivity contribution < 1.29 is 17.9 Å². The number of aliphatic hydroxyl groups is 1. The topological polar surface area (TPSA) is 127 Å². The molecule has 3 aromatic heterocycles. The first-order valence-electron chi connectivity index (χ1n) is 12.7. The predicted molar refractivity (Wildman–Crippen MR) is 142 cm³/mol. The fraction of sp³-hybridized carbons (Fsp3) is 0.346. The highest BCUT2D eigenvalue weighted by Gasteiger charge is 2.28. The van der Waals surface area contributed by atoms with Gasteiger partial charge in [-0.25, -0.2) is 19.3 Å². The van der Waals surface area contributed by atoms with E-state index in [1.54, 1.807) is 24.8 Å². The highest BCUT2D eigenvalue weighted by molar-refractivity contribution is 7.90. The summed E-state index contributed by atoms with van der Waals surface area (Å²) in [5.41, 5.74) is 2.23. The first-order valence-corrected chi connectivity index (χ1v) is 14.1. The Labute approximate surface area is 219 Å². The van der Waals surface area contributed by atoms with E-state index in [1.165, 1.54) is 22.5 Å². The van der Waals surface area contributed by atoms with Gasteiger partial charge in [0, 0.05) is 78.6 Å². The SMILES string of the molecule is O=S(=O)(Nc1cccc(C(O)c2c[nH]c3ncc(-c4cnc(N5CCCC5)nc4)cc23)c1F)N1CCCC1. The average molecular weight is 538 g/mol. The lowest BCUT2D eigenvalue weighted by Gasteiger charge is -2.19. The van der Waals surface area contributed by atoms with Gasteiger partial charge in [-0.2, -0.15) is 12.7 Å². The van der Waals surface area contributed by atoms with E-state index in [4.69, 9.17) is 0 Å². The highest BCUT2D eigenvalue weighted by Crippen LogP contribution is 2.34. The van der Waals surface area contributed by atoms with Gasteiger partial charge in [0.1, 0.15) is 11.8 Å². The van der Waals surface area contributed by atoms with Crippen molar-refractivity contribution in [1.29, 1.82) is 0 Å². The third-order valence-electron chi connectivity index (χ3n) is 7.19. The van der Waals surface area contributed by atoms with Crippen molar-refractivity contribution >= 4 is 32.9 Å². The number of nitrogens with one attached hydrogen (secondary N) is 2. The first kappa shape index (κ1) is 24.7. The molecule has 6 rings (SSSR count). The number of aromatic nitrogens is 4. The van der Waals surface area contributed by atoms with E-state index in [0.29, 0.717) is 35.6 Å². The minimum Gasteiger partial charge on any atom is -0.383 e. The first-order chi connectivity index (χ1) is 18.4. The number of anilines is 2. The van der Waals surface area contributed by atoms with Gasteiger partial charge < -0.3 is 15.0 Å². The van der Waals surface area contributed by atoms with Gasteiger partial charge in [0.25, 0.3) is 0 Å². The fourth-order valence-electron chi connectivity index (χ4n) is 5.10. The van der Waals surface area contributed by atoms with Gasteiger partial charge in [-0.15, -0.1) is 0 Å². The molecule has 0 spiro atoms. The van der Waals surface area contributed by atoms with Crippen LogP contribution in [0.3, 0.4) is 0 Å². The lowest BCUT2D eigenvalue weighted by Crippen LogP contribution is -2.33. The molecule has 38 heavy (non-hydrogen) atoms. The molecular weight excluding hydrogens is 509 g/mol. The molecule has 0 amide bonds. The van der Waals surface area contributed by atoms with Crippen LogP contribution in [0.25, 0.3) is 22.2 Å². The molecule has 4 aromatic rings. The van der Waals surface area contributed by atoms with Gasteiger partial charge in [0.2, 0.25) is 5.95 Å². The summed E-state index contributed by atoms with van der Waals surface area (Å²) in [5.74, 6) is -0.124. The van der Waals surface area contributed by atoms with Crippen LogP contribution in [0.4, 0.5) is 16.0 Å². The minimum atomic E-state index is -3.88. The molecule has 0 radical (unpaired) electrons. The van der Waals surface area contributed by atoms with Crippen molar-refractivity contribution in [1.82, 2.24) is 24.2 Å².